The second kappa shape index (κ2) is 10.7. The number of ether oxygens (including phenoxy) is 1. The van der Waals surface area contributed by atoms with Crippen LogP contribution < -0.4 is 9.64 Å². The van der Waals surface area contributed by atoms with E-state index in [9.17, 15) is 14.7 Å². The Kier molecular flexibility index (Phi) is 7.12. The molecule has 2 unspecified atom stereocenters. The van der Waals surface area contributed by atoms with Crippen molar-refractivity contribution >= 4 is 57.3 Å². The van der Waals surface area contributed by atoms with E-state index in [1.165, 1.54) is 28.0 Å². The van der Waals surface area contributed by atoms with E-state index in [0.29, 0.717) is 37.8 Å². The lowest BCUT2D eigenvalue weighted by Crippen LogP contribution is -2.29. The van der Waals surface area contributed by atoms with Crippen molar-refractivity contribution in [3.8, 4) is 5.75 Å². The highest BCUT2D eigenvalue weighted by molar-refractivity contribution is 8.00. The molecule has 2 aliphatic heterocycles. The molecule has 1 aromatic heterocycles. The second-order valence-corrected chi connectivity index (χ2v) is 12.4. The van der Waals surface area contributed by atoms with Gasteiger partial charge in [0.25, 0.3) is 5.78 Å². The summed E-state index contributed by atoms with van der Waals surface area (Å²) in [5.41, 5.74) is 4.22. The van der Waals surface area contributed by atoms with Crippen LogP contribution in [0.25, 0.3) is 5.76 Å². The molecule has 1 amide bonds. The van der Waals surface area contributed by atoms with Gasteiger partial charge >= 0.3 is 5.91 Å². The third-order valence-electron chi connectivity index (χ3n) is 6.88. The number of aliphatic hydroxyl groups excluding tert-OH is 1. The SMILES string of the molecule is Cc1ccc(C2/C(=C(\O)c3ccc4c(c3)CC(C)O4)C(=O)C(=O)N2c2nnc(SCc3ccc(Cl)cc3)s2)cc1. The number of benzene rings is 3. The average molecular weight is 590 g/mol. The molecular weight excluding hydrogens is 566 g/mol. The number of rotatable bonds is 6. The minimum atomic E-state index is -0.855. The highest BCUT2D eigenvalue weighted by atomic mass is 35.5. The molecule has 2 atom stereocenters. The molecule has 1 saturated heterocycles. The van der Waals surface area contributed by atoms with Gasteiger partial charge in [0, 0.05) is 22.8 Å². The zero-order valence-corrected chi connectivity index (χ0v) is 24.0. The highest BCUT2D eigenvalue weighted by Gasteiger charge is 2.48. The standard InChI is InChI=1S/C30H24ClN3O4S2/c1-16-3-7-19(8-4-16)25-24(26(35)20-9-12-23-21(14-20)13-17(2)38-23)27(36)28(37)34(25)29-32-33-30(40-29)39-15-18-5-10-22(31)11-6-18/h3-12,14,17,25,35H,13,15H2,1-2H3/b26-24+. The topological polar surface area (TPSA) is 92.6 Å². The molecular formula is C30H24ClN3O4S2. The monoisotopic (exact) mass is 589 g/mol. The molecule has 1 N–H and O–H groups in total. The molecule has 0 spiro atoms. The van der Waals surface area contributed by atoms with Crippen molar-refractivity contribution in [2.45, 2.75) is 42.5 Å². The van der Waals surface area contributed by atoms with E-state index in [2.05, 4.69) is 10.2 Å². The molecule has 0 radical (unpaired) electrons. The first-order valence-corrected chi connectivity index (χ1v) is 14.8. The molecule has 40 heavy (non-hydrogen) atoms. The Labute approximate surface area is 244 Å². The lowest BCUT2D eigenvalue weighted by molar-refractivity contribution is -0.132. The summed E-state index contributed by atoms with van der Waals surface area (Å²) < 4.78 is 6.44. The number of aryl methyl sites for hydroxylation is 1. The first-order valence-electron chi connectivity index (χ1n) is 12.7. The number of amides is 1. The van der Waals surface area contributed by atoms with Crippen LogP contribution in [-0.4, -0.2) is 33.1 Å². The molecule has 202 valence electrons. The fraction of sp³-hybridized carbons (Fsp3) is 0.200. The number of aliphatic hydroxyl groups is 1. The van der Waals surface area contributed by atoms with Gasteiger partial charge in [-0.3, -0.25) is 14.5 Å². The molecule has 10 heteroatoms. The number of halogens is 1. The third kappa shape index (κ3) is 5.00. The number of Topliss-reactive ketones (excluding diaryl/α,β-unsaturated/α-hetero) is 1. The Hall–Kier alpha value is -3.66. The Morgan fingerprint density at radius 2 is 1.85 bits per heavy atom. The molecule has 1 fully saturated rings. The smallest absolute Gasteiger partial charge is 0.301 e. The van der Waals surface area contributed by atoms with Crippen LogP contribution in [0.4, 0.5) is 5.13 Å². The average Bonchev–Trinajstić information content (AvgIpc) is 3.63. The zero-order valence-electron chi connectivity index (χ0n) is 21.6. The summed E-state index contributed by atoms with van der Waals surface area (Å²) in [6, 6.07) is 19.6. The number of anilines is 1. The normalized spacial score (nSPS) is 19.6. The van der Waals surface area contributed by atoms with Crippen LogP contribution in [0.5, 0.6) is 5.75 Å². The first-order chi connectivity index (χ1) is 19.3. The van der Waals surface area contributed by atoms with E-state index in [1.807, 2.05) is 68.4 Å². The van der Waals surface area contributed by atoms with Crippen LogP contribution >= 0.6 is 34.7 Å². The molecule has 0 saturated carbocycles. The molecule has 2 aliphatic rings. The van der Waals surface area contributed by atoms with Gasteiger partial charge in [0.15, 0.2) is 4.34 Å². The summed E-state index contributed by atoms with van der Waals surface area (Å²) in [5.74, 6) is -0.339. The minimum Gasteiger partial charge on any atom is -0.507 e. The Morgan fingerprint density at radius 1 is 1.10 bits per heavy atom. The van der Waals surface area contributed by atoms with E-state index < -0.39 is 17.7 Å². The van der Waals surface area contributed by atoms with Crippen LogP contribution in [0.1, 0.15) is 40.8 Å². The van der Waals surface area contributed by atoms with Crippen molar-refractivity contribution in [2.75, 3.05) is 4.90 Å². The maximum absolute atomic E-state index is 13.5. The molecule has 3 aromatic carbocycles. The van der Waals surface area contributed by atoms with E-state index in [0.717, 1.165) is 22.4 Å². The van der Waals surface area contributed by atoms with Gasteiger partial charge in [-0.25, -0.2) is 0 Å². The number of ketones is 1. The van der Waals surface area contributed by atoms with E-state index in [1.54, 1.807) is 12.1 Å². The lowest BCUT2D eigenvalue weighted by atomic mass is 9.94. The highest BCUT2D eigenvalue weighted by Crippen LogP contribution is 2.44. The maximum Gasteiger partial charge on any atom is 0.301 e. The van der Waals surface area contributed by atoms with Gasteiger partial charge in [-0.2, -0.15) is 0 Å². The minimum absolute atomic E-state index is 0.0198. The first kappa shape index (κ1) is 26.6. The molecule has 6 rings (SSSR count). The predicted molar refractivity (Wildman–Crippen MR) is 157 cm³/mol. The van der Waals surface area contributed by atoms with Crippen molar-refractivity contribution in [1.82, 2.24) is 10.2 Å². The van der Waals surface area contributed by atoms with E-state index in [-0.39, 0.29) is 17.4 Å². The number of nitrogens with zero attached hydrogens (tertiary/aromatic N) is 3. The summed E-state index contributed by atoms with van der Waals surface area (Å²) in [6.45, 7) is 3.94. The summed E-state index contributed by atoms with van der Waals surface area (Å²) in [5, 5.41) is 21.0. The van der Waals surface area contributed by atoms with Gasteiger partial charge in [0.1, 0.15) is 17.6 Å². The van der Waals surface area contributed by atoms with Crippen molar-refractivity contribution in [2.24, 2.45) is 0 Å². The molecule has 4 aromatic rings. The Bertz CT molecular complexity index is 1650. The Balaban J connectivity index is 1.38. The largest absolute Gasteiger partial charge is 0.507 e. The van der Waals surface area contributed by atoms with Gasteiger partial charge < -0.3 is 9.84 Å². The fourth-order valence-corrected chi connectivity index (χ4v) is 6.85. The maximum atomic E-state index is 13.5. The van der Waals surface area contributed by atoms with Crippen LogP contribution in [0, 0.1) is 6.92 Å². The number of hydrogen-bond acceptors (Lipinski definition) is 8. The summed E-state index contributed by atoms with van der Waals surface area (Å²) >= 11 is 8.70. The second-order valence-electron chi connectivity index (χ2n) is 9.80. The van der Waals surface area contributed by atoms with Gasteiger partial charge in [-0.05, 0) is 60.9 Å². The summed E-state index contributed by atoms with van der Waals surface area (Å²) in [4.78, 5) is 28.3. The molecule has 7 nitrogen and oxygen atoms in total. The summed E-state index contributed by atoms with van der Waals surface area (Å²) in [7, 11) is 0. The van der Waals surface area contributed by atoms with Gasteiger partial charge in [0.2, 0.25) is 5.13 Å². The number of carbonyl (C=O) groups excluding carboxylic acids is 2. The lowest BCUT2D eigenvalue weighted by Gasteiger charge is -2.22. The van der Waals surface area contributed by atoms with Gasteiger partial charge in [0.05, 0.1) is 11.6 Å². The summed E-state index contributed by atoms with van der Waals surface area (Å²) in [6.07, 6.45) is 0.739. The van der Waals surface area contributed by atoms with Gasteiger partial charge in [-0.15, -0.1) is 10.2 Å². The number of thioether (sulfide) groups is 1. The molecule has 0 bridgehead atoms. The number of aromatic nitrogens is 2. The molecule has 3 heterocycles. The van der Waals surface area contributed by atoms with Crippen molar-refractivity contribution in [3.63, 3.8) is 0 Å². The van der Waals surface area contributed by atoms with Gasteiger partial charge in [-0.1, -0.05) is 76.7 Å². The van der Waals surface area contributed by atoms with E-state index >= 15 is 0 Å². The van der Waals surface area contributed by atoms with Crippen molar-refractivity contribution in [1.29, 1.82) is 0 Å². The number of fused-ring (bicyclic) bond motifs is 1. The van der Waals surface area contributed by atoms with Crippen molar-refractivity contribution < 1.29 is 19.4 Å². The number of carbonyl (C=O) groups is 2. The predicted octanol–water partition coefficient (Wildman–Crippen LogP) is 6.74. The quantitative estimate of drug-likeness (QED) is 0.0875. The third-order valence-corrected chi connectivity index (χ3v) is 9.26. The van der Waals surface area contributed by atoms with Crippen LogP contribution in [0.2, 0.25) is 5.02 Å². The van der Waals surface area contributed by atoms with Crippen LogP contribution in [-0.2, 0) is 21.8 Å². The van der Waals surface area contributed by atoms with Crippen LogP contribution in [0.15, 0.2) is 76.6 Å². The Morgan fingerprint density at radius 3 is 2.60 bits per heavy atom. The molecule has 0 aliphatic carbocycles. The zero-order chi connectivity index (χ0) is 28.0. The number of hydrogen-bond donors (Lipinski definition) is 1. The van der Waals surface area contributed by atoms with E-state index in [4.69, 9.17) is 16.3 Å². The fourth-order valence-electron chi connectivity index (χ4n) is 4.90. The van der Waals surface area contributed by atoms with Crippen molar-refractivity contribution in [3.05, 3.63) is 105 Å². The van der Waals surface area contributed by atoms with Crippen LogP contribution in [0.3, 0.4) is 0 Å².